The quantitative estimate of drug-likeness (QED) is 0.796. The number of hydrogen-bond donors (Lipinski definition) is 1. The highest BCUT2D eigenvalue weighted by atomic mass is 35.5. The van der Waals surface area contributed by atoms with Gasteiger partial charge in [-0.1, -0.05) is 36.7 Å². The van der Waals surface area contributed by atoms with Crippen LogP contribution in [0.15, 0.2) is 48.5 Å². The van der Waals surface area contributed by atoms with Gasteiger partial charge in [0.2, 0.25) is 15.9 Å². The summed E-state index contributed by atoms with van der Waals surface area (Å²) < 4.78 is 25.4. The molecule has 2 rings (SSSR count). The zero-order valence-corrected chi connectivity index (χ0v) is 15.8. The molecule has 1 N–H and O–H groups in total. The van der Waals surface area contributed by atoms with Gasteiger partial charge in [-0.3, -0.25) is 9.10 Å². The Bertz CT molecular complexity index is 836. The van der Waals surface area contributed by atoms with E-state index in [9.17, 15) is 13.2 Å². The topological polar surface area (TPSA) is 66.5 Å². The Hall–Kier alpha value is -2.05. The molecule has 0 radical (unpaired) electrons. The fraction of sp³-hybridized carbons (Fsp3) is 0.278. The molecule has 0 spiro atoms. The van der Waals surface area contributed by atoms with Gasteiger partial charge in [0.05, 0.1) is 11.9 Å². The summed E-state index contributed by atoms with van der Waals surface area (Å²) in [6.45, 7) is 2.10. The van der Waals surface area contributed by atoms with Gasteiger partial charge in [-0.2, -0.15) is 0 Å². The molecule has 1 amide bonds. The average molecular weight is 381 g/mol. The Labute approximate surface area is 153 Å². The third-order valence-electron chi connectivity index (χ3n) is 3.68. The highest BCUT2D eigenvalue weighted by Crippen LogP contribution is 2.20. The molecule has 0 aromatic heterocycles. The molecule has 0 saturated carbocycles. The molecule has 5 nitrogen and oxygen atoms in total. The van der Waals surface area contributed by atoms with Gasteiger partial charge in [0.15, 0.2) is 0 Å². The first kappa shape index (κ1) is 19.3. The molecule has 7 heteroatoms. The third kappa shape index (κ3) is 5.76. The van der Waals surface area contributed by atoms with Crippen LogP contribution in [0.3, 0.4) is 0 Å². The normalized spacial score (nSPS) is 11.2. The molecular formula is C18H21ClN2O3S. The first-order chi connectivity index (χ1) is 11.8. The van der Waals surface area contributed by atoms with Crippen molar-refractivity contribution in [1.82, 2.24) is 0 Å². The van der Waals surface area contributed by atoms with Crippen LogP contribution in [-0.4, -0.2) is 27.1 Å². The summed E-state index contributed by atoms with van der Waals surface area (Å²) in [6, 6.07) is 14.1. The molecule has 0 saturated heterocycles. The number of benzene rings is 2. The van der Waals surface area contributed by atoms with Crippen LogP contribution in [0.2, 0.25) is 5.02 Å². The zero-order chi connectivity index (χ0) is 18.4. The summed E-state index contributed by atoms with van der Waals surface area (Å²) in [5.74, 6) is -0.277. The molecule has 0 aliphatic rings. The number of nitrogens with one attached hydrogen (secondary N) is 1. The van der Waals surface area contributed by atoms with Gasteiger partial charge < -0.3 is 5.32 Å². The van der Waals surface area contributed by atoms with Crippen LogP contribution in [0.1, 0.15) is 18.9 Å². The lowest BCUT2D eigenvalue weighted by atomic mass is 10.1. The van der Waals surface area contributed by atoms with Crippen molar-refractivity contribution in [2.45, 2.75) is 19.8 Å². The van der Waals surface area contributed by atoms with Gasteiger partial charge in [-0.15, -0.1) is 0 Å². The standard InChI is InChI=1S/C18H21ClN2O3S/c1-3-14-7-9-17(10-8-14)21(25(2,23)24)12-11-18(22)20-16-6-4-5-15(19)13-16/h4-10,13H,3,11-12H2,1-2H3,(H,20,22). The Morgan fingerprint density at radius 1 is 1.16 bits per heavy atom. The molecule has 2 aromatic rings. The van der Waals surface area contributed by atoms with Gasteiger partial charge >= 0.3 is 0 Å². The van der Waals surface area contributed by atoms with Crippen LogP contribution in [-0.2, 0) is 21.2 Å². The van der Waals surface area contributed by atoms with E-state index in [-0.39, 0.29) is 18.9 Å². The Morgan fingerprint density at radius 2 is 1.84 bits per heavy atom. The fourth-order valence-electron chi connectivity index (χ4n) is 2.38. The number of halogens is 1. The SMILES string of the molecule is CCc1ccc(N(CCC(=O)Nc2cccc(Cl)c2)S(C)(=O)=O)cc1. The number of hydrogen-bond acceptors (Lipinski definition) is 3. The van der Waals surface area contributed by atoms with E-state index in [1.807, 2.05) is 19.1 Å². The Kier molecular flexibility index (Phi) is 6.45. The van der Waals surface area contributed by atoms with Crippen molar-refractivity contribution in [2.75, 3.05) is 22.4 Å². The second kappa shape index (κ2) is 8.36. The Morgan fingerprint density at radius 3 is 2.40 bits per heavy atom. The highest BCUT2D eigenvalue weighted by molar-refractivity contribution is 7.92. The number of anilines is 2. The van der Waals surface area contributed by atoms with Crippen molar-refractivity contribution >= 4 is 38.9 Å². The predicted octanol–water partition coefficient (Wildman–Crippen LogP) is 3.70. The summed E-state index contributed by atoms with van der Waals surface area (Å²) in [5, 5.41) is 3.23. The minimum atomic E-state index is -3.48. The van der Waals surface area contributed by atoms with E-state index >= 15 is 0 Å². The van der Waals surface area contributed by atoms with E-state index in [1.54, 1.807) is 36.4 Å². The molecule has 0 unspecified atom stereocenters. The predicted molar refractivity (Wildman–Crippen MR) is 103 cm³/mol. The molecule has 0 aliphatic carbocycles. The molecule has 0 bridgehead atoms. The van der Waals surface area contributed by atoms with E-state index in [4.69, 9.17) is 11.6 Å². The van der Waals surface area contributed by atoms with Crippen molar-refractivity contribution < 1.29 is 13.2 Å². The first-order valence-electron chi connectivity index (χ1n) is 7.91. The average Bonchev–Trinajstić information content (AvgIpc) is 2.54. The minimum Gasteiger partial charge on any atom is -0.326 e. The van der Waals surface area contributed by atoms with Crippen LogP contribution < -0.4 is 9.62 Å². The van der Waals surface area contributed by atoms with E-state index < -0.39 is 10.0 Å². The first-order valence-corrected chi connectivity index (χ1v) is 10.1. The zero-order valence-electron chi connectivity index (χ0n) is 14.2. The molecule has 0 aliphatic heterocycles. The highest BCUT2D eigenvalue weighted by Gasteiger charge is 2.18. The maximum atomic E-state index is 12.1. The van der Waals surface area contributed by atoms with Crippen molar-refractivity contribution in [3.8, 4) is 0 Å². The maximum Gasteiger partial charge on any atom is 0.232 e. The molecule has 0 fully saturated rings. The largest absolute Gasteiger partial charge is 0.326 e. The van der Waals surface area contributed by atoms with Gasteiger partial charge in [-0.25, -0.2) is 8.42 Å². The van der Waals surface area contributed by atoms with Crippen LogP contribution in [0, 0.1) is 0 Å². The van der Waals surface area contributed by atoms with Gasteiger partial charge in [0, 0.05) is 23.7 Å². The van der Waals surface area contributed by atoms with Crippen molar-refractivity contribution in [3.05, 3.63) is 59.1 Å². The summed E-state index contributed by atoms with van der Waals surface area (Å²) in [7, 11) is -3.48. The summed E-state index contributed by atoms with van der Waals surface area (Å²) in [4.78, 5) is 12.1. The monoisotopic (exact) mass is 380 g/mol. The molecule has 0 atom stereocenters. The molecule has 25 heavy (non-hydrogen) atoms. The molecule has 2 aromatic carbocycles. The lowest BCUT2D eigenvalue weighted by Gasteiger charge is -2.22. The van der Waals surface area contributed by atoms with Crippen LogP contribution in [0.4, 0.5) is 11.4 Å². The fourth-order valence-corrected chi connectivity index (χ4v) is 3.50. The number of amides is 1. The number of sulfonamides is 1. The lowest BCUT2D eigenvalue weighted by Crippen LogP contribution is -2.33. The second-order valence-corrected chi connectivity index (χ2v) is 8.01. The number of carbonyl (C=O) groups is 1. The second-order valence-electron chi connectivity index (χ2n) is 5.66. The van der Waals surface area contributed by atoms with Gasteiger partial charge in [-0.05, 0) is 42.3 Å². The van der Waals surface area contributed by atoms with E-state index in [2.05, 4.69) is 5.32 Å². The van der Waals surface area contributed by atoms with Gasteiger partial charge in [0.1, 0.15) is 0 Å². The Balaban J connectivity index is 2.06. The summed E-state index contributed by atoms with van der Waals surface area (Å²) >= 11 is 5.88. The van der Waals surface area contributed by atoms with Crippen LogP contribution in [0.5, 0.6) is 0 Å². The van der Waals surface area contributed by atoms with Gasteiger partial charge in [0.25, 0.3) is 0 Å². The third-order valence-corrected chi connectivity index (χ3v) is 5.11. The summed E-state index contributed by atoms with van der Waals surface area (Å²) in [6.07, 6.45) is 2.05. The van der Waals surface area contributed by atoms with Crippen molar-refractivity contribution in [2.24, 2.45) is 0 Å². The molecule has 0 heterocycles. The number of rotatable bonds is 7. The van der Waals surface area contributed by atoms with Crippen LogP contribution in [0.25, 0.3) is 0 Å². The smallest absolute Gasteiger partial charge is 0.232 e. The van der Waals surface area contributed by atoms with E-state index in [0.29, 0.717) is 16.4 Å². The van der Waals surface area contributed by atoms with E-state index in [0.717, 1.165) is 18.2 Å². The van der Waals surface area contributed by atoms with E-state index in [1.165, 1.54) is 4.31 Å². The minimum absolute atomic E-state index is 0.0368. The molecule has 134 valence electrons. The van der Waals surface area contributed by atoms with Crippen molar-refractivity contribution in [3.63, 3.8) is 0 Å². The lowest BCUT2D eigenvalue weighted by molar-refractivity contribution is -0.116. The van der Waals surface area contributed by atoms with Crippen LogP contribution >= 0.6 is 11.6 Å². The number of nitrogens with zero attached hydrogens (tertiary/aromatic N) is 1. The summed E-state index contributed by atoms with van der Waals surface area (Å²) in [5.41, 5.74) is 2.25. The number of aryl methyl sites for hydroxylation is 1. The number of carbonyl (C=O) groups excluding carboxylic acids is 1. The molecular weight excluding hydrogens is 360 g/mol. The maximum absolute atomic E-state index is 12.1. The van der Waals surface area contributed by atoms with Crippen molar-refractivity contribution in [1.29, 1.82) is 0 Å².